The first-order valence-electron chi connectivity index (χ1n) is 5.70. The Hall–Kier alpha value is -2.82. The first-order chi connectivity index (χ1) is 9.25. The van der Waals surface area contributed by atoms with E-state index in [1.54, 1.807) is 24.5 Å². The number of pyridine rings is 1. The second kappa shape index (κ2) is 4.45. The Kier molecular flexibility index (Phi) is 2.64. The predicted molar refractivity (Wildman–Crippen MR) is 71.3 cm³/mol. The quantitative estimate of drug-likeness (QED) is 0.751. The summed E-state index contributed by atoms with van der Waals surface area (Å²) in [6, 6.07) is 8.98. The summed E-state index contributed by atoms with van der Waals surface area (Å²) < 4.78 is 0. The highest BCUT2D eigenvalue weighted by molar-refractivity contribution is 5.99. The van der Waals surface area contributed by atoms with Crippen molar-refractivity contribution in [2.45, 2.75) is 0 Å². The van der Waals surface area contributed by atoms with E-state index in [9.17, 15) is 4.79 Å². The number of rotatable bonds is 2. The predicted octanol–water partition coefficient (Wildman–Crippen LogP) is 1.79. The van der Waals surface area contributed by atoms with Crippen molar-refractivity contribution in [1.82, 2.24) is 15.0 Å². The van der Waals surface area contributed by atoms with Crippen LogP contribution >= 0.6 is 0 Å². The van der Waals surface area contributed by atoms with Gasteiger partial charge in [0, 0.05) is 23.3 Å². The molecule has 19 heavy (non-hydrogen) atoms. The number of amides is 1. The van der Waals surface area contributed by atoms with Gasteiger partial charge in [0.2, 0.25) is 0 Å². The molecule has 3 rings (SSSR count). The Labute approximate surface area is 109 Å². The number of hydrogen-bond donors (Lipinski definition) is 1. The fourth-order valence-corrected chi connectivity index (χ4v) is 1.97. The number of benzene rings is 1. The monoisotopic (exact) mass is 250 g/mol. The lowest BCUT2D eigenvalue weighted by Crippen LogP contribution is -2.13. The van der Waals surface area contributed by atoms with Crippen LogP contribution in [0.4, 0.5) is 0 Å². The van der Waals surface area contributed by atoms with E-state index in [-0.39, 0.29) is 0 Å². The van der Waals surface area contributed by atoms with E-state index in [0.717, 1.165) is 16.5 Å². The standard InChI is InChI=1S/C14H10N4O/c15-14(19)11-2-1-5-17-13(11)9-3-4-12-10(6-9)7-16-8-18-12/h1-8H,(H2,15,19). The molecule has 0 bridgehead atoms. The SMILES string of the molecule is NC(=O)c1cccnc1-c1ccc2ncncc2c1. The number of nitrogens with zero attached hydrogens (tertiary/aromatic N) is 3. The van der Waals surface area contributed by atoms with E-state index in [1.165, 1.54) is 6.33 Å². The van der Waals surface area contributed by atoms with Crippen LogP contribution < -0.4 is 5.73 Å². The topological polar surface area (TPSA) is 81.8 Å². The Balaban J connectivity index is 2.22. The first kappa shape index (κ1) is 11.3. The summed E-state index contributed by atoms with van der Waals surface area (Å²) >= 11 is 0. The molecule has 0 fully saturated rings. The summed E-state index contributed by atoms with van der Waals surface area (Å²) in [5.74, 6) is -0.493. The highest BCUT2D eigenvalue weighted by atomic mass is 16.1. The smallest absolute Gasteiger partial charge is 0.250 e. The summed E-state index contributed by atoms with van der Waals surface area (Å²) in [6.07, 6.45) is 4.85. The van der Waals surface area contributed by atoms with E-state index >= 15 is 0 Å². The van der Waals surface area contributed by atoms with E-state index in [2.05, 4.69) is 15.0 Å². The molecule has 5 heteroatoms. The van der Waals surface area contributed by atoms with Crippen LogP contribution in [0.25, 0.3) is 22.2 Å². The zero-order valence-corrected chi connectivity index (χ0v) is 9.95. The molecule has 0 aliphatic rings. The zero-order valence-electron chi connectivity index (χ0n) is 9.95. The molecule has 2 aromatic heterocycles. The van der Waals surface area contributed by atoms with Gasteiger partial charge in [0.05, 0.1) is 16.8 Å². The van der Waals surface area contributed by atoms with Crippen LogP contribution in [0, 0.1) is 0 Å². The third kappa shape index (κ3) is 2.01. The average Bonchev–Trinajstić information content (AvgIpc) is 2.46. The van der Waals surface area contributed by atoms with Crippen molar-refractivity contribution < 1.29 is 4.79 Å². The molecule has 0 spiro atoms. The lowest BCUT2D eigenvalue weighted by atomic mass is 10.0. The second-order valence-corrected chi connectivity index (χ2v) is 4.06. The van der Waals surface area contributed by atoms with E-state index in [4.69, 9.17) is 5.73 Å². The minimum Gasteiger partial charge on any atom is -0.366 e. The van der Waals surface area contributed by atoms with Gasteiger partial charge in [-0.2, -0.15) is 0 Å². The van der Waals surface area contributed by atoms with Gasteiger partial charge < -0.3 is 5.73 Å². The highest BCUT2D eigenvalue weighted by Gasteiger charge is 2.11. The van der Waals surface area contributed by atoms with Gasteiger partial charge in [-0.3, -0.25) is 9.78 Å². The van der Waals surface area contributed by atoms with Gasteiger partial charge in [-0.1, -0.05) is 6.07 Å². The van der Waals surface area contributed by atoms with Crippen molar-refractivity contribution >= 4 is 16.8 Å². The molecule has 3 aromatic rings. The fourth-order valence-electron chi connectivity index (χ4n) is 1.97. The molecule has 0 atom stereocenters. The van der Waals surface area contributed by atoms with Crippen LogP contribution in [0.15, 0.2) is 49.1 Å². The van der Waals surface area contributed by atoms with Crippen LogP contribution in [-0.4, -0.2) is 20.9 Å². The molecule has 1 aromatic carbocycles. The molecule has 0 radical (unpaired) electrons. The van der Waals surface area contributed by atoms with Gasteiger partial charge in [0.1, 0.15) is 6.33 Å². The minimum atomic E-state index is -0.493. The van der Waals surface area contributed by atoms with Gasteiger partial charge in [0.25, 0.3) is 5.91 Å². The molecular formula is C14H10N4O. The number of hydrogen-bond acceptors (Lipinski definition) is 4. The van der Waals surface area contributed by atoms with E-state index in [0.29, 0.717) is 11.3 Å². The maximum Gasteiger partial charge on any atom is 0.250 e. The number of fused-ring (bicyclic) bond motifs is 1. The van der Waals surface area contributed by atoms with Crippen molar-refractivity contribution in [2.24, 2.45) is 5.73 Å². The molecule has 2 heterocycles. The van der Waals surface area contributed by atoms with Crippen molar-refractivity contribution in [1.29, 1.82) is 0 Å². The largest absolute Gasteiger partial charge is 0.366 e. The van der Waals surface area contributed by atoms with Gasteiger partial charge >= 0.3 is 0 Å². The molecule has 1 amide bonds. The van der Waals surface area contributed by atoms with Crippen LogP contribution in [0.1, 0.15) is 10.4 Å². The van der Waals surface area contributed by atoms with Crippen LogP contribution in [0.3, 0.4) is 0 Å². The van der Waals surface area contributed by atoms with Gasteiger partial charge in [-0.25, -0.2) is 9.97 Å². The summed E-state index contributed by atoms with van der Waals surface area (Å²) in [4.78, 5) is 23.8. The highest BCUT2D eigenvalue weighted by Crippen LogP contribution is 2.24. The van der Waals surface area contributed by atoms with Crippen molar-refractivity contribution in [3.8, 4) is 11.3 Å². The normalized spacial score (nSPS) is 10.5. The molecule has 0 saturated carbocycles. The summed E-state index contributed by atoms with van der Waals surface area (Å²) in [6.45, 7) is 0. The summed E-state index contributed by atoms with van der Waals surface area (Å²) in [5, 5.41) is 0.890. The number of carbonyl (C=O) groups is 1. The number of aromatic nitrogens is 3. The minimum absolute atomic E-state index is 0.402. The molecule has 5 nitrogen and oxygen atoms in total. The Bertz CT molecular complexity index is 770. The molecule has 92 valence electrons. The second-order valence-electron chi connectivity index (χ2n) is 4.06. The Morgan fingerprint density at radius 1 is 1.16 bits per heavy atom. The molecular weight excluding hydrogens is 240 g/mol. The van der Waals surface area contributed by atoms with Gasteiger partial charge in [0.15, 0.2) is 0 Å². The zero-order chi connectivity index (χ0) is 13.2. The molecule has 0 unspecified atom stereocenters. The number of primary amides is 1. The third-order valence-electron chi connectivity index (χ3n) is 2.85. The van der Waals surface area contributed by atoms with Crippen LogP contribution in [0.5, 0.6) is 0 Å². The van der Waals surface area contributed by atoms with E-state index in [1.807, 2.05) is 18.2 Å². The lowest BCUT2D eigenvalue weighted by molar-refractivity contribution is 0.100. The van der Waals surface area contributed by atoms with E-state index < -0.39 is 5.91 Å². The molecule has 0 aliphatic heterocycles. The third-order valence-corrected chi connectivity index (χ3v) is 2.85. The lowest BCUT2D eigenvalue weighted by Gasteiger charge is -2.06. The van der Waals surface area contributed by atoms with Crippen molar-refractivity contribution in [2.75, 3.05) is 0 Å². The molecule has 2 N–H and O–H groups in total. The maximum atomic E-state index is 11.4. The summed E-state index contributed by atoms with van der Waals surface area (Å²) in [5.41, 5.74) is 7.99. The Morgan fingerprint density at radius 2 is 2.05 bits per heavy atom. The number of carbonyl (C=O) groups excluding carboxylic acids is 1. The number of nitrogens with two attached hydrogens (primary N) is 1. The van der Waals surface area contributed by atoms with Crippen molar-refractivity contribution in [3.05, 3.63) is 54.6 Å². The average molecular weight is 250 g/mol. The van der Waals surface area contributed by atoms with Gasteiger partial charge in [-0.15, -0.1) is 0 Å². The molecule has 0 saturated heterocycles. The first-order valence-corrected chi connectivity index (χ1v) is 5.70. The fraction of sp³-hybridized carbons (Fsp3) is 0. The van der Waals surface area contributed by atoms with Crippen LogP contribution in [-0.2, 0) is 0 Å². The van der Waals surface area contributed by atoms with Crippen molar-refractivity contribution in [3.63, 3.8) is 0 Å². The summed E-state index contributed by atoms with van der Waals surface area (Å²) in [7, 11) is 0. The Morgan fingerprint density at radius 3 is 2.89 bits per heavy atom. The van der Waals surface area contributed by atoms with Crippen LogP contribution in [0.2, 0.25) is 0 Å². The maximum absolute atomic E-state index is 11.4. The molecule has 0 aliphatic carbocycles. The van der Waals surface area contributed by atoms with Gasteiger partial charge in [-0.05, 0) is 24.3 Å².